The summed E-state index contributed by atoms with van der Waals surface area (Å²) in [7, 11) is 1.89. The Morgan fingerprint density at radius 3 is 2.80 bits per heavy atom. The Morgan fingerprint density at radius 1 is 1.15 bits per heavy atom. The van der Waals surface area contributed by atoms with Crippen molar-refractivity contribution in [2.45, 2.75) is 19.8 Å². The third-order valence-corrected chi connectivity index (χ3v) is 3.34. The van der Waals surface area contributed by atoms with Gasteiger partial charge in [-0.3, -0.25) is 4.57 Å². The minimum atomic E-state index is 0.884. The normalized spacial score (nSPS) is 10.9. The highest BCUT2D eigenvalue weighted by Gasteiger charge is 2.13. The summed E-state index contributed by atoms with van der Waals surface area (Å²) in [6, 6.07) is 8.07. The summed E-state index contributed by atoms with van der Waals surface area (Å²) in [4.78, 5) is 13.2. The Hall–Kier alpha value is -2.43. The Bertz CT molecular complexity index is 732. The lowest BCUT2D eigenvalue weighted by Crippen LogP contribution is -2.07. The largest absolute Gasteiger partial charge is 0.373 e. The number of para-hydroxylation sites is 2. The van der Waals surface area contributed by atoms with Gasteiger partial charge in [0, 0.05) is 12.6 Å². The summed E-state index contributed by atoms with van der Waals surface area (Å²) in [5.41, 5.74) is 3.16. The average Bonchev–Trinajstić information content (AvgIpc) is 2.92. The van der Waals surface area contributed by atoms with Crippen molar-refractivity contribution in [3.05, 3.63) is 42.5 Å². The van der Waals surface area contributed by atoms with Crippen LogP contribution in [-0.4, -0.2) is 26.6 Å². The number of benzene rings is 1. The maximum atomic E-state index is 4.47. The van der Waals surface area contributed by atoms with Crippen molar-refractivity contribution in [3.8, 4) is 5.82 Å². The Morgan fingerprint density at radius 2 is 2.00 bits per heavy atom. The fourth-order valence-electron chi connectivity index (χ4n) is 2.43. The molecule has 0 saturated carbocycles. The molecule has 0 bridgehead atoms. The molecule has 0 amide bonds. The number of hydrogen-bond donors (Lipinski definition) is 1. The van der Waals surface area contributed by atoms with E-state index in [1.54, 1.807) is 6.33 Å². The lowest BCUT2D eigenvalue weighted by Gasteiger charge is -2.13. The van der Waals surface area contributed by atoms with Gasteiger partial charge in [0.25, 0.3) is 0 Å². The van der Waals surface area contributed by atoms with Crippen molar-refractivity contribution in [1.29, 1.82) is 0 Å². The second-order valence-electron chi connectivity index (χ2n) is 4.63. The smallest absolute Gasteiger partial charge is 0.147 e. The molecule has 0 saturated heterocycles. The number of rotatable bonds is 4. The maximum absolute atomic E-state index is 4.47. The van der Waals surface area contributed by atoms with E-state index in [-0.39, 0.29) is 0 Å². The van der Waals surface area contributed by atoms with Gasteiger partial charge in [-0.05, 0) is 18.6 Å². The quantitative estimate of drug-likeness (QED) is 0.789. The molecule has 0 atom stereocenters. The summed E-state index contributed by atoms with van der Waals surface area (Å²) in [6.45, 7) is 2.15. The van der Waals surface area contributed by atoms with Crippen LogP contribution in [0.2, 0.25) is 0 Å². The molecule has 1 N–H and O–H groups in total. The van der Waals surface area contributed by atoms with Crippen molar-refractivity contribution >= 4 is 16.9 Å². The monoisotopic (exact) mass is 267 g/mol. The van der Waals surface area contributed by atoms with Crippen LogP contribution in [0.15, 0.2) is 36.9 Å². The molecule has 0 spiro atoms. The molecule has 5 nitrogen and oxygen atoms in total. The fraction of sp³-hybridized carbons (Fsp3) is 0.267. The van der Waals surface area contributed by atoms with Gasteiger partial charge >= 0.3 is 0 Å². The van der Waals surface area contributed by atoms with Crippen LogP contribution in [0.25, 0.3) is 16.9 Å². The second kappa shape index (κ2) is 5.28. The first-order valence-corrected chi connectivity index (χ1v) is 6.79. The van der Waals surface area contributed by atoms with Crippen LogP contribution in [0, 0.1) is 0 Å². The molecule has 2 heterocycles. The van der Waals surface area contributed by atoms with Crippen LogP contribution in [-0.2, 0) is 6.42 Å². The van der Waals surface area contributed by atoms with E-state index in [4.69, 9.17) is 0 Å². The van der Waals surface area contributed by atoms with Gasteiger partial charge in [-0.1, -0.05) is 25.5 Å². The predicted octanol–water partition coefficient (Wildman–Crippen LogP) is 2.81. The molecule has 3 aromatic rings. The summed E-state index contributed by atoms with van der Waals surface area (Å²) < 4.78 is 2.03. The fourth-order valence-corrected chi connectivity index (χ4v) is 2.43. The zero-order chi connectivity index (χ0) is 13.9. The van der Waals surface area contributed by atoms with E-state index in [0.29, 0.717) is 0 Å². The number of aromatic nitrogens is 4. The molecule has 20 heavy (non-hydrogen) atoms. The van der Waals surface area contributed by atoms with E-state index in [1.807, 2.05) is 36.1 Å². The lowest BCUT2D eigenvalue weighted by molar-refractivity contribution is 0.870. The third-order valence-electron chi connectivity index (χ3n) is 3.34. The van der Waals surface area contributed by atoms with Gasteiger partial charge in [0.2, 0.25) is 0 Å². The topological polar surface area (TPSA) is 55.6 Å². The SMILES string of the molecule is CCCc1c(NC)ncnc1-n1cnc2ccccc21. The zero-order valence-electron chi connectivity index (χ0n) is 11.7. The molecule has 102 valence electrons. The molecule has 1 aromatic carbocycles. The predicted molar refractivity (Wildman–Crippen MR) is 80.2 cm³/mol. The van der Waals surface area contributed by atoms with Gasteiger partial charge < -0.3 is 5.32 Å². The molecule has 0 unspecified atom stereocenters. The standard InChI is InChI=1S/C15H17N5/c1-3-6-11-14(16-2)17-9-18-15(11)20-10-19-12-7-4-5-8-13(12)20/h4-5,7-10H,3,6H2,1-2H3,(H,16,17,18). The van der Waals surface area contributed by atoms with Crippen LogP contribution in [0.4, 0.5) is 5.82 Å². The van der Waals surface area contributed by atoms with Crippen LogP contribution in [0.3, 0.4) is 0 Å². The molecular formula is C15H17N5. The first-order valence-electron chi connectivity index (χ1n) is 6.79. The average molecular weight is 267 g/mol. The van der Waals surface area contributed by atoms with Crippen molar-refractivity contribution in [1.82, 2.24) is 19.5 Å². The zero-order valence-corrected chi connectivity index (χ0v) is 11.7. The first-order chi connectivity index (χ1) is 9.85. The van der Waals surface area contributed by atoms with Crippen molar-refractivity contribution < 1.29 is 0 Å². The first kappa shape index (κ1) is 12.6. The van der Waals surface area contributed by atoms with Gasteiger partial charge in [0.05, 0.1) is 11.0 Å². The maximum Gasteiger partial charge on any atom is 0.147 e. The molecule has 2 aromatic heterocycles. The molecule has 3 rings (SSSR count). The number of imidazole rings is 1. The Labute approximate surface area is 117 Å². The van der Waals surface area contributed by atoms with Crippen LogP contribution < -0.4 is 5.32 Å². The number of fused-ring (bicyclic) bond motifs is 1. The minimum Gasteiger partial charge on any atom is -0.373 e. The van der Waals surface area contributed by atoms with Crippen molar-refractivity contribution in [2.75, 3.05) is 12.4 Å². The molecule has 0 aliphatic heterocycles. The Balaban J connectivity index is 2.23. The van der Waals surface area contributed by atoms with Gasteiger partial charge in [-0.15, -0.1) is 0 Å². The van der Waals surface area contributed by atoms with Crippen LogP contribution in [0.1, 0.15) is 18.9 Å². The molecule has 0 radical (unpaired) electrons. The Kier molecular flexibility index (Phi) is 3.33. The number of nitrogens with zero attached hydrogens (tertiary/aromatic N) is 4. The molecule has 0 aliphatic carbocycles. The molecule has 0 aliphatic rings. The summed E-state index contributed by atoms with van der Waals surface area (Å²) in [5.74, 6) is 1.79. The summed E-state index contributed by atoms with van der Waals surface area (Å²) >= 11 is 0. The van der Waals surface area contributed by atoms with E-state index >= 15 is 0 Å². The van der Waals surface area contributed by atoms with Gasteiger partial charge in [0.15, 0.2) is 0 Å². The van der Waals surface area contributed by atoms with E-state index in [9.17, 15) is 0 Å². The summed E-state index contributed by atoms with van der Waals surface area (Å²) in [6.07, 6.45) is 5.39. The molecule has 0 fully saturated rings. The van der Waals surface area contributed by atoms with E-state index in [0.717, 1.165) is 41.1 Å². The minimum absolute atomic E-state index is 0.884. The lowest BCUT2D eigenvalue weighted by atomic mass is 10.1. The highest BCUT2D eigenvalue weighted by atomic mass is 15.1. The molecule has 5 heteroatoms. The van der Waals surface area contributed by atoms with Crippen LogP contribution >= 0.6 is 0 Å². The number of anilines is 1. The van der Waals surface area contributed by atoms with Crippen molar-refractivity contribution in [2.24, 2.45) is 0 Å². The highest BCUT2D eigenvalue weighted by molar-refractivity contribution is 5.77. The van der Waals surface area contributed by atoms with Gasteiger partial charge in [0.1, 0.15) is 24.3 Å². The van der Waals surface area contributed by atoms with E-state index in [2.05, 4.69) is 33.3 Å². The summed E-state index contributed by atoms with van der Waals surface area (Å²) in [5, 5.41) is 3.15. The highest BCUT2D eigenvalue weighted by Crippen LogP contribution is 2.23. The molecular weight excluding hydrogens is 250 g/mol. The number of nitrogens with one attached hydrogen (secondary N) is 1. The van der Waals surface area contributed by atoms with Gasteiger partial charge in [-0.2, -0.15) is 0 Å². The van der Waals surface area contributed by atoms with Crippen molar-refractivity contribution in [3.63, 3.8) is 0 Å². The van der Waals surface area contributed by atoms with Gasteiger partial charge in [-0.25, -0.2) is 15.0 Å². The van der Waals surface area contributed by atoms with E-state index < -0.39 is 0 Å². The second-order valence-corrected chi connectivity index (χ2v) is 4.63. The third kappa shape index (κ3) is 2.01. The van der Waals surface area contributed by atoms with Crippen LogP contribution in [0.5, 0.6) is 0 Å². The van der Waals surface area contributed by atoms with E-state index in [1.165, 1.54) is 0 Å². The number of hydrogen-bond acceptors (Lipinski definition) is 4.